The Balaban J connectivity index is 5.62. The molecule has 0 fully saturated rings. The number of hydrogen-bond donors (Lipinski definition) is 10. The number of carboxylic acid groups (broad SMARTS) is 1. The van der Waals surface area contributed by atoms with Crippen LogP contribution >= 0.6 is 0 Å². The van der Waals surface area contributed by atoms with E-state index in [-0.39, 0.29) is 12.3 Å². The van der Waals surface area contributed by atoms with E-state index in [4.69, 9.17) is 21.7 Å². The molecule has 6 unspecified atom stereocenters. The fraction of sp³-hybridized carbons (Fsp3) is 0.700. The number of carbonyl (C=O) groups excluding carboxylic acids is 5. The summed E-state index contributed by atoms with van der Waals surface area (Å²) in [6.45, 7) is 2.87. The van der Waals surface area contributed by atoms with Gasteiger partial charge in [-0.25, -0.2) is 4.79 Å². The lowest BCUT2D eigenvalue weighted by Gasteiger charge is -2.26. The van der Waals surface area contributed by atoms with E-state index < -0.39 is 91.5 Å². The zero-order valence-corrected chi connectivity index (χ0v) is 20.3. The second kappa shape index (κ2) is 15.6. The summed E-state index contributed by atoms with van der Waals surface area (Å²) in [5.74, 6) is -6.67. The van der Waals surface area contributed by atoms with Gasteiger partial charge in [0.2, 0.25) is 29.5 Å². The summed E-state index contributed by atoms with van der Waals surface area (Å²) in [4.78, 5) is 72.5. The molecule has 0 aromatic rings. The molecule has 36 heavy (non-hydrogen) atoms. The van der Waals surface area contributed by atoms with E-state index in [1.165, 1.54) is 0 Å². The number of hydrogen-bond acceptors (Lipinski definition) is 10. The van der Waals surface area contributed by atoms with E-state index in [0.717, 1.165) is 6.92 Å². The summed E-state index contributed by atoms with van der Waals surface area (Å²) < 4.78 is 0. The molecule has 12 N–H and O–H groups in total. The molecule has 0 saturated heterocycles. The van der Waals surface area contributed by atoms with Gasteiger partial charge in [0.15, 0.2) is 6.04 Å². The predicted molar refractivity (Wildman–Crippen MR) is 122 cm³/mol. The van der Waals surface area contributed by atoms with Gasteiger partial charge in [-0.2, -0.15) is 0 Å². The number of carboxylic acids is 1. The summed E-state index contributed by atoms with van der Waals surface area (Å²) in [7, 11) is 0. The first kappa shape index (κ1) is 32.7. The second-order valence-electron chi connectivity index (χ2n) is 8.52. The van der Waals surface area contributed by atoms with Gasteiger partial charge >= 0.3 is 5.97 Å². The van der Waals surface area contributed by atoms with Crippen molar-refractivity contribution in [2.45, 2.75) is 69.9 Å². The number of amides is 5. The van der Waals surface area contributed by atoms with Gasteiger partial charge in [0.05, 0.1) is 25.7 Å². The number of nitrogens with one attached hydrogen (secondary N) is 4. The Morgan fingerprint density at radius 3 is 1.64 bits per heavy atom. The second-order valence-corrected chi connectivity index (χ2v) is 8.52. The van der Waals surface area contributed by atoms with Crippen LogP contribution < -0.4 is 32.7 Å². The lowest BCUT2D eigenvalue weighted by atomic mass is 10.0. The van der Waals surface area contributed by atoms with Gasteiger partial charge in [0.1, 0.15) is 24.2 Å². The first-order chi connectivity index (χ1) is 16.6. The number of nitrogens with two attached hydrogens (primary N) is 2. The number of rotatable bonds is 16. The van der Waals surface area contributed by atoms with E-state index in [1.807, 2.05) is 5.32 Å². The van der Waals surface area contributed by atoms with Crippen molar-refractivity contribution in [1.82, 2.24) is 21.3 Å². The molecule has 0 heterocycles. The summed E-state index contributed by atoms with van der Waals surface area (Å²) in [6, 6.07) is -7.58. The fourth-order valence-electron chi connectivity index (χ4n) is 2.86. The van der Waals surface area contributed by atoms with Crippen molar-refractivity contribution >= 4 is 35.5 Å². The van der Waals surface area contributed by atoms with Crippen molar-refractivity contribution < 1.29 is 49.2 Å². The number of carbonyl (C=O) groups is 6. The highest BCUT2D eigenvalue weighted by atomic mass is 16.4. The number of aliphatic hydroxyl groups excluding tert-OH is 3. The van der Waals surface area contributed by atoms with Crippen LogP contribution in [0.1, 0.15) is 33.6 Å². The van der Waals surface area contributed by atoms with E-state index >= 15 is 0 Å². The third-order valence-electron chi connectivity index (χ3n) is 4.77. The Morgan fingerprint density at radius 2 is 1.22 bits per heavy atom. The Hall–Kier alpha value is -3.34. The first-order valence-electron chi connectivity index (χ1n) is 11.0. The highest BCUT2D eigenvalue weighted by Crippen LogP contribution is 2.07. The smallest absolute Gasteiger partial charge is 0.328 e. The lowest BCUT2D eigenvalue weighted by molar-refractivity contribution is -0.145. The summed E-state index contributed by atoms with van der Waals surface area (Å²) >= 11 is 0. The van der Waals surface area contributed by atoms with E-state index in [1.54, 1.807) is 13.8 Å². The highest BCUT2D eigenvalue weighted by molar-refractivity contribution is 5.97. The van der Waals surface area contributed by atoms with Crippen LogP contribution in [0.4, 0.5) is 0 Å². The molecule has 16 heteroatoms. The first-order valence-corrected chi connectivity index (χ1v) is 11.0. The Bertz CT molecular complexity index is 806. The van der Waals surface area contributed by atoms with Crippen LogP contribution in [0.5, 0.6) is 0 Å². The highest BCUT2D eigenvalue weighted by Gasteiger charge is 2.33. The molecule has 5 amide bonds. The average molecular weight is 521 g/mol. The average Bonchev–Trinajstić information content (AvgIpc) is 2.77. The molecule has 206 valence electrons. The molecule has 0 aliphatic carbocycles. The zero-order chi connectivity index (χ0) is 28.2. The quantitative estimate of drug-likeness (QED) is 0.0916. The van der Waals surface area contributed by atoms with Crippen LogP contribution in [0, 0.1) is 5.92 Å². The number of aliphatic carboxylic acids is 1. The molecule has 0 aromatic carbocycles. The van der Waals surface area contributed by atoms with Gasteiger partial charge < -0.3 is 53.2 Å². The van der Waals surface area contributed by atoms with Crippen LogP contribution in [0.2, 0.25) is 0 Å². The SMILES string of the molecule is CC(C)CC(NC(=O)C(CC(N)=O)NC(=O)C(N)CO)C(=O)NC(CO)C(=O)NC(C(=O)O)C(C)O. The summed E-state index contributed by atoms with van der Waals surface area (Å²) in [5.41, 5.74) is 10.5. The molecule has 0 spiro atoms. The molecule has 6 atom stereocenters. The maximum Gasteiger partial charge on any atom is 0.328 e. The van der Waals surface area contributed by atoms with E-state index in [2.05, 4.69) is 16.0 Å². The predicted octanol–water partition coefficient (Wildman–Crippen LogP) is -5.38. The lowest BCUT2D eigenvalue weighted by Crippen LogP contribution is -2.60. The Labute approximate surface area is 207 Å². The van der Waals surface area contributed by atoms with Crippen molar-refractivity contribution in [1.29, 1.82) is 0 Å². The molecular weight excluding hydrogens is 484 g/mol. The van der Waals surface area contributed by atoms with Crippen LogP contribution in [-0.2, 0) is 28.8 Å². The van der Waals surface area contributed by atoms with Gasteiger partial charge in [0, 0.05) is 0 Å². The molecule has 0 aliphatic heterocycles. The number of aliphatic hydroxyl groups is 3. The zero-order valence-electron chi connectivity index (χ0n) is 20.3. The molecule has 0 saturated carbocycles. The maximum absolute atomic E-state index is 12.8. The van der Waals surface area contributed by atoms with E-state index in [9.17, 15) is 39.0 Å². The van der Waals surface area contributed by atoms with E-state index in [0.29, 0.717) is 0 Å². The van der Waals surface area contributed by atoms with Crippen molar-refractivity contribution in [2.24, 2.45) is 17.4 Å². The summed E-state index contributed by atoms with van der Waals surface area (Å²) in [6.07, 6.45) is -2.11. The molecule has 0 rings (SSSR count). The van der Waals surface area contributed by atoms with Gasteiger partial charge in [-0.05, 0) is 19.3 Å². The van der Waals surface area contributed by atoms with Gasteiger partial charge in [0.25, 0.3) is 0 Å². The molecule has 0 radical (unpaired) electrons. The normalized spacial score (nSPS) is 16.0. The fourth-order valence-corrected chi connectivity index (χ4v) is 2.86. The minimum Gasteiger partial charge on any atom is -0.480 e. The molecule has 16 nitrogen and oxygen atoms in total. The Kier molecular flexibility index (Phi) is 14.2. The minimum atomic E-state index is -1.71. The van der Waals surface area contributed by atoms with Crippen molar-refractivity contribution in [3.8, 4) is 0 Å². The van der Waals surface area contributed by atoms with Crippen LogP contribution in [0.15, 0.2) is 0 Å². The van der Waals surface area contributed by atoms with Crippen molar-refractivity contribution in [3.05, 3.63) is 0 Å². The molecule has 0 bridgehead atoms. The Morgan fingerprint density at radius 1 is 0.750 bits per heavy atom. The van der Waals surface area contributed by atoms with Crippen LogP contribution in [-0.4, -0.2) is 105 Å². The number of primary amides is 1. The van der Waals surface area contributed by atoms with Crippen molar-refractivity contribution in [3.63, 3.8) is 0 Å². The standard InChI is InChI=1S/C20H36N6O10/c1-8(2)4-11(24-18(33)12(5-14(22)30)23-16(31)10(21)6-27)17(32)25-13(7-28)19(34)26-15(9(3)29)20(35)36/h8-13,15,27-29H,4-7,21H2,1-3H3,(H2,22,30)(H,23,31)(H,24,33)(H,25,32)(H,26,34)(H,35,36). The topological polar surface area (TPSA) is 284 Å². The van der Waals surface area contributed by atoms with Gasteiger partial charge in [-0.15, -0.1) is 0 Å². The van der Waals surface area contributed by atoms with Crippen LogP contribution in [0.3, 0.4) is 0 Å². The third kappa shape index (κ3) is 11.4. The third-order valence-corrected chi connectivity index (χ3v) is 4.77. The molecular formula is C20H36N6O10. The molecule has 0 aliphatic rings. The van der Waals surface area contributed by atoms with Crippen LogP contribution in [0.25, 0.3) is 0 Å². The van der Waals surface area contributed by atoms with Gasteiger partial charge in [-0.1, -0.05) is 13.8 Å². The van der Waals surface area contributed by atoms with Crippen molar-refractivity contribution in [2.75, 3.05) is 13.2 Å². The monoisotopic (exact) mass is 520 g/mol. The summed E-state index contributed by atoms with van der Waals surface area (Å²) in [5, 5.41) is 45.8. The minimum absolute atomic E-state index is 0.0240. The largest absolute Gasteiger partial charge is 0.480 e. The van der Waals surface area contributed by atoms with Gasteiger partial charge in [-0.3, -0.25) is 24.0 Å². The maximum atomic E-state index is 12.8. The molecule has 0 aromatic heterocycles.